The van der Waals surface area contributed by atoms with Crippen LogP contribution < -0.4 is 16.8 Å². The molecule has 4 aromatic rings. The van der Waals surface area contributed by atoms with Crippen LogP contribution in [-0.2, 0) is 29.4 Å². The molecule has 0 saturated heterocycles. The van der Waals surface area contributed by atoms with Gasteiger partial charge in [-0.05, 0) is 83.3 Å². The van der Waals surface area contributed by atoms with Crippen molar-refractivity contribution in [3.05, 3.63) is 144 Å². The molecule has 0 spiro atoms. The van der Waals surface area contributed by atoms with E-state index in [9.17, 15) is 19.8 Å². The molecule has 0 saturated carbocycles. The Morgan fingerprint density at radius 2 is 1.22 bits per heavy atom. The van der Waals surface area contributed by atoms with Gasteiger partial charge in [-0.25, -0.2) is 0 Å². The third-order valence-corrected chi connectivity index (χ3v) is 16.9. The van der Waals surface area contributed by atoms with Gasteiger partial charge in [0.05, 0.1) is 0 Å². The number of allylic oxidation sites excluding steroid dienone is 5. The standard InChI is InChI=1S/C34H34N4O4.C20H24I2O2.ClH.Fe/c1-7-21-17(3)25-13-26-19(5)23(9-11-33(39)40)31(37-26)16-32-24(10-12-34(41)42)20(6)28(38-32)15-30-22(8-2)18(4)27(36-30)14-29(21)35-25;1-11(2)15-9-17(13(5)7-19(15)23-21)18-10-16(12(3)4)20(24-22)8-14(18)6;;/h7-8,13-16H,1-2,9-12H2,3-6H3,(H4,35,36,37,38,39,40,41,42);7-12H,1-6H3;1H;/q;;;+3/p-3/b25-13?,26-13-,27-14-,28-15-,29-14?,30-15?,31-16?,32-16-;;;. The zero-order valence-electron chi connectivity index (χ0n) is 40.0. The average Bonchev–Trinajstić information content (AvgIpc) is 3.93. The van der Waals surface area contributed by atoms with E-state index in [4.69, 9.17) is 26.2 Å². The second-order valence-electron chi connectivity index (χ2n) is 18.0. The van der Waals surface area contributed by atoms with Crippen LogP contribution in [0.4, 0.5) is 0 Å². The Hall–Kier alpha value is -4.67. The van der Waals surface area contributed by atoms with Gasteiger partial charge in [0.25, 0.3) is 0 Å². The van der Waals surface area contributed by atoms with Crippen molar-refractivity contribution in [2.24, 2.45) is 9.98 Å². The predicted octanol–water partition coefficient (Wildman–Crippen LogP) is 13.1. The molecule has 2 N–H and O–H groups in total. The molecule has 0 atom stereocenters. The first-order valence-electron chi connectivity index (χ1n) is 22.4. The van der Waals surface area contributed by atoms with Crippen molar-refractivity contribution >= 4 is 110 Å². The predicted molar refractivity (Wildman–Crippen MR) is 291 cm³/mol. The van der Waals surface area contributed by atoms with E-state index in [0.29, 0.717) is 24.0 Å². The number of benzene rings is 2. The van der Waals surface area contributed by atoms with E-state index in [1.807, 2.05) is 104 Å². The number of hydrogen-bond acceptors (Lipinski definition) is 6. The van der Waals surface area contributed by atoms with Crippen molar-refractivity contribution < 1.29 is 39.4 Å². The minimum absolute atomic E-state index is 0.0370. The molecular weight excluding hydrogens is 1150 g/mol. The molecule has 68 heavy (non-hydrogen) atoms. The van der Waals surface area contributed by atoms with Gasteiger partial charge in [0, 0.05) is 0 Å². The second kappa shape index (κ2) is 20.7. The van der Waals surface area contributed by atoms with Crippen molar-refractivity contribution in [2.75, 3.05) is 0 Å². The summed E-state index contributed by atoms with van der Waals surface area (Å²) in [6.07, 6.45) is 12.2. The minimum atomic E-state index is -1.91. The van der Waals surface area contributed by atoms with Gasteiger partial charge >= 0.3 is 265 Å². The molecule has 6 heterocycles. The van der Waals surface area contributed by atoms with Gasteiger partial charge in [0.2, 0.25) is 0 Å². The topological polar surface area (TPSA) is 128 Å². The molecule has 6 bridgehead atoms. The first-order chi connectivity index (χ1) is 32.3. The van der Waals surface area contributed by atoms with E-state index in [0.717, 1.165) is 95.2 Å². The van der Waals surface area contributed by atoms with Crippen molar-refractivity contribution in [1.29, 1.82) is 0 Å². The molecule has 0 unspecified atom stereocenters. The van der Waals surface area contributed by atoms with E-state index >= 15 is 0 Å². The fourth-order valence-corrected chi connectivity index (χ4v) is 13.1. The number of aliphatic imine (C=N–C) groups is 2. The van der Waals surface area contributed by atoms with Crippen molar-refractivity contribution in [3.8, 4) is 22.6 Å². The Bertz CT molecular complexity index is 3110. The van der Waals surface area contributed by atoms with Crippen LogP contribution in [0.3, 0.4) is 0 Å². The summed E-state index contributed by atoms with van der Waals surface area (Å²) in [7, 11) is 7.69. The molecule has 0 radical (unpaired) electrons. The van der Waals surface area contributed by atoms with Crippen LogP contribution >= 0.6 is 56.1 Å². The second-order valence-corrected chi connectivity index (χ2v) is 21.4. The smallest absolute Gasteiger partial charge is 0.192 e. The van der Waals surface area contributed by atoms with E-state index in [-0.39, 0.29) is 19.3 Å². The molecule has 0 fully saturated rings. The number of carboxylic acid groups (broad SMARTS) is 2. The summed E-state index contributed by atoms with van der Waals surface area (Å²) < 4.78 is 15.4. The first kappa shape index (κ1) is 51.2. The molecule has 0 aliphatic carbocycles. The number of hydrogen-bond donors (Lipinski definition) is 2. The summed E-state index contributed by atoms with van der Waals surface area (Å²) in [5.41, 5.74) is 19.6. The van der Waals surface area contributed by atoms with Gasteiger partial charge in [-0.3, -0.25) is 0 Å². The number of nitrogens with zero attached hydrogens (tertiary/aromatic N) is 4. The minimum Gasteiger partial charge on any atom is -0.427 e. The Balaban J connectivity index is 0.000000241. The zero-order chi connectivity index (χ0) is 49.6. The normalized spacial score (nSPS) is 17.7. The van der Waals surface area contributed by atoms with Crippen LogP contribution in [0.1, 0.15) is 129 Å². The van der Waals surface area contributed by atoms with Crippen LogP contribution in [0.15, 0.2) is 87.2 Å². The molecule has 4 aliphatic rings. The Kier molecular flexibility index (Phi) is 15.6. The van der Waals surface area contributed by atoms with Crippen molar-refractivity contribution in [1.82, 2.24) is 7.17 Å². The molecule has 4 aliphatic heterocycles. The molecule has 0 amide bonds. The summed E-state index contributed by atoms with van der Waals surface area (Å²) >= 11 is 2.03. The maximum absolute atomic E-state index is 11.8. The van der Waals surface area contributed by atoms with Gasteiger partial charge in [-0.15, -0.1) is 0 Å². The number of aryl methyl sites for hydroxylation is 2. The summed E-state index contributed by atoms with van der Waals surface area (Å²) in [5.74, 6) is 0.962. The van der Waals surface area contributed by atoms with Gasteiger partial charge < -0.3 is 6.13 Å². The van der Waals surface area contributed by atoms with Crippen molar-refractivity contribution in [2.45, 2.75) is 107 Å². The molecule has 14 heteroatoms. The molecular formula is C54H56ClFeI2N4O6. The summed E-state index contributed by atoms with van der Waals surface area (Å²) in [6.45, 7) is 29.4. The number of rotatable bonds is 13. The quantitative estimate of drug-likeness (QED) is 0.101. The number of fused-ring (bicyclic) bond motifs is 2. The van der Waals surface area contributed by atoms with E-state index < -0.39 is 25.4 Å². The van der Waals surface area contributed by atoms with Gasteiger partial charge in [0.1, 0.15) is 11.5 Å². The number of carboxylic acids is 2. The summed E-state index contributed by atoms with van der Waals surface area (Å²) in [5, 5.41) is 20.8. The third kappa shape index (κ3) is 9.49. The van der Waals surface area contributed by atoms with E-state index in [1.54, 1.807) is 0 Å². The monoisotopic (exact) mass is 1200 g/mol. The largest absolute Gasteiger partial charge is 0.427 e. The summed E-state index contributed by atoms with van der Waals surface area (Å²) in [4.78, 5) is 33.5. The van der Waals surface area contributed by atoms with Crippen LogP contribution in [0.2, 0.25) is 0 Å². The fraction of sp³-hybridized carbons (Fsp3) is 0.296. The fourth-order valence-electron chi connectivity index (χ4n) is 9.28. The number of halogens is 3. The van der Waals surface area contributed by atoms with Crippen LogP contribution in [0.5, 0.6) is 11.5 Å². The van der Waals surface area contributed by atoms with E-state index in [1.165, 1.54) is 33.4 Å². The molecule has 10 nitrogen and oxygen atoms in total. The maximum atomic E-state index is 11.8. The molecule has 8 rings (SSSR count). The van der Waals surface area contributed by atoms with Gasteiger partial charge in [-0.1, -0.05) is 27.7 Å². The third-order valence-electron chi connectivity index (χ3n) is 13.1. The number of carbonyl (C=O) groups is 2. The van der Waals surface area contributed by atoms with Crippen LogP contribution in [0.25, 0.3) is 41.5 Å². The maximum Gasteiger partial charge on any atom is 0.192 e. The molecule has 2 aromatic carbocycles. The van der Waals surface area contributed by atoms with Crippen molar-refractivity contribution in [3.63, 3.8) is 0 Å². The SMILES string of the molecule is C=CC1=C(C)/C2=C/c3c(C=C)c(C)c4[n]3[Fe]([Cl])[n]3/c(c(C)c(CCC(=O)O)/c3=C/C3=NC(=C\4)/C(C)=C3CCC(=O)O)=C\C1=N2.Cc1cc(OI)c(C(C)C)cc1-c1cc(C(C)C)c(OI)cc1C. The number of aliphatic carboxylic acids is 2. The average molecular weight is 1200 g/mol. The van der Waals surface area contributed by atoms with Gasteiger partial charge in [-0.2, -0.15) is 0 Å². The Morgan fingerprint density at radius 1 is 0.706 bits per heavy atom. The van der Waals surface area contributed by atoms with E-state index in [2.05, 4.69) is 92.2 Å². The summed E-state index contributed by atoms with van der Waals surface area (Å²) in [6, 6.07) is 8.86. The Labute approximate surface area is 435 Å². The van der Waals surface area contributed by atoms with Crippen LogP contribution in [-0.4, -0.2) is 40.7 Å². The molecule has 357 valence electrons. The van der Waals surface area contributed by atoms with Crippen LogP contribution in [0, 0.1) is 27.7 Å². The first-order valence-corrected chi connectivity index (χ1v) is 26.6. The molecule has 2 aromatic heterocycles. The zero-order valence-corrected chi connectivity index (χ0v) is 46.1. The van der Waals surface area contributed by atoms with Gasteiger partial charge in [0.15, 0.2) is 46.0 Å². The number of aromatic nitrogens is 2. The Morgan fingerprint density at radius 3 is 1.74 bits per heavy atom.